The smallest absolute Gasteiger partial charge is 0.410 e. The van der Waals surface area contributed by atoms with Gasteiger partial charge in [0, 0.05) is 17.4 Å². The second-order valence-corrected chi connectivity index (χ2v) is 8.98. The molecule has 7 heteroatoms. The van der Waals surface area contributed by atoms with Crippen molar-refractivity contribution in [1.82, 2.24) is 4.90 Å². The number of nitro groups is 1. The van der Waals surface area contributed by atoms with E-state index in [1.807, 2.05) is 30.3 Å². The number of carbonyl (C=O) groups excluding carboxylic acids is 1. The number of ether oxygens (including phenoxy) is 1. The molecule has 1 aromatic carbocycles. The molecule has 1 N–H and O–H groups in total. The van der Waals surface area contributed by atoms with E-state index >= 15 is 0 Å². The van der Waals surface area contributed by atoms with Gasteiger partial charge in [0.15, 0.2) is 0 Å². The van der Waals surface area contributed by atoms with Gasteiger partial charge in [0.2, 0.25) is 6.04 Å². The van der Waals surface area contributed by atoms with Gasteiger partial charge in [-0.3, -0.25) is 15.0 Å². The van der Waals surface area contributed by atoms with Gasteiger partial charge in [-0.2, -0.15) is 0 Å². The molecule has 0 radical (unpaired) electrons. The molecule has 2 saturated heterocycles. The largest absolute Gasteiger partial charge is 0.444 e. The molecule has 7 nitrogen and oxygen atoms in total. The normalized spacial score (nSPS) is 26.6. The zero-order chi connectivity index (χ0) is 20.5. The first-order chi connectivity index (χ1) is 13.2. The minimum Gasteiger partial charge on any atom is -0.444 e. The molecule has 1 saturated carbocycles. The van der Waals surface area contributed by atoms with Gasteiger partial charge in [-0.25, -0.2) is 4.79 Å². The van der Waals surface area contributed by atoms with Crippen molar-refractivity contribution >= 4 is 6.09 Å². The third-order valence-electron chi connectivity index (χ3n) is 5.85. The summed E-state index contributed by atoms with van der Waals surface area (Å²) >= 11 is 0. The summed E-state index contributed by atoms with van der Waals surface area (Å²) in [5.41, 5.74) is 0.142. The number of aliphatic hydroxyl groups excluding tert-OH is 1. The van der Waals surface area contributed by atoms with Crippen LogP contribution in [0, 0.1) is 16.0 Å². The summed E-state index contributed by atoms with van der Waals surface area (Å²) in [4.78, 5) is 25.9. The number of benzene rings is 1. The van der Waals surface area contributed by atoms with Gasteiger partial charge in [0.1, 0.15) is 11.7 Å². The lowest BCUT2D eigenvalue weighted by molar-refractivity contribution is -0.536. The number of fused-ring (bicyclic) bond motifs is 3. The number of hydrogen-bond donors (Lipinski definition) is 1. The van der Waals surface area contributed by atoms with Crippen LogP contribution < -0.4 is 0 Å². The van der Waals surface area contributed by atoms with Crippen LogP contribution in [0.1, 0.15) is 52.0 Å². The van der Waals surface area contributed by atoms with Crippen LogP contribution in [0.2, 0.25) is 0 Å². The maximum atomic E-state index is 12.9. The van der Waals surface area contributed by atoms with Gasteiger partial charge < -0.3 is 9.84 Å². The van der Waals surface area contributed by atoms with Crippen molar-refractivity contribution in [2.75, 3.05) is 0 Å². The van der Waals surface area contributed by atoms with Gasteiger partial charge in [-0.1, -0.05) is 30.3 Å². The molecular formula is C21H30N2O5. The first kappa shape index (κ1) is 20.6. The molecule has 3 atom stereocenters. The van der Waals surface area contributed by atoms with E-state index in [-0.39, 0.29) is 18.4 Å². The first-order valence-electron chi connectivity index (χ1n) is 10.0. The fourth-order valence-electron chi connectivity index (χ4n) is 4.62. The van der Waals surface area contributed by atoms with Crippen LogP contribution in [0.25, 0.3) is 0 Å². The highest BCUT2D eigenvalue weighted by Gasteiger charge is 2.52. The Morgan fingerprint density at radius 1 is 1.25 bits per heavy atom. The Morgan fingerprint density at radius 2 is 1.86 bits per heavy atom. The topological polar surface area (TPSA) is 92.9 Å². The molecule has 0 spiro atoms. The number of amides is 1. The molecule has 2 bridgehead atoms. The van der Waals surface area contributed by atoms with Crippen molar-refractivity contribution in [2.45, 2.75) is 82.7 Å². The van der Waals surface area contributed by atoms with E-state index in [9.17, 15) is 20.0 Å². The Labute approximate surface area is 165 Å². The molecule has 3 aliphatic rings. The Hall–Kier alpha value is -2.15. The van der Waals surface area contributed by atoms with Gasteiger partial charge in [-0.15, -0.1) is 0 Å². The minimum absolute atomic E-state index is 0.0244. The standard InChI is InChI=1S/C21H30N2O5/c1-21(2,3)28-20(25)22-16-11-9-15(10-12-16)18(22)19(24)17(23(26)27)13-14-7-5-4-6-8-14/h4-8,15-19,24H,9-13H2,1-3H3/t15?,16?,17-,18?,19+/m0/s1. The highest BCUT2D eigenvalue weighted by atomic mass is 16.6. The van der Waals surface area contributed by atoms with Crippen molar-refractivity contribution < 1.29 is 19.6 Å². The molecule has 28 heavy (non-hydrogen) atoms. The number of carbonyl (C=O) groups is 1. The Bertz CT molecular complexity index is 694. The highest BCUT2D eigenvalue weighted by molar-refractivity contribution is 5.69. The molecule has 2 aliphatic heterocycles. The summed E-state index contributed by atoms with van der Waals surface area (Å²) in [5.74, 6) is 0.0609. The Balaban J connectivity index is 1.85. The van der Waals surface area contributed by atoms with E-state index < -0.39 is 34.8 Å². The van der Waals surface area contributed by atoms with Crippen LogP contribution in [0.4, 0.5) is 4.79 Å². The van der Waals surface area contributed by atoms with Crippen molar-refractivity contribution in [3.05, 3.63) is 46.0 Å². The van der Waals surface area contributed by atoms with Crippen molar-refractivity contribution in [3.8, 4) is 0 Å². The molecule has 1 amide bonds. The van der Waals surface area contributed by atoms with Crippen molar-refractivity contribution in [3.63, 3.8) is 0 Å². The Morgan fingerprint density at radius 3 is 2.39 bits per heavy atom. The monoisotopic (exact) mass is 390 g/mol. The van der Waals surface area contributed by atoms with E-state index in [0.717, 1.165) is 31.2 Å². The number of hydrogen-bond acceptors (Lipinski definition) is 5. The van der Waals surface area contributed by atoms with Crippen LogP contribution in [-0.2, 0) is 11.2 Å². The fraction of sp³-hybridized carbons (Fsp3) is 0.667. The Kier molecular flexibility index (Phi) is 5.93. The quantitative estimate of drug-likeness (QED) is 0.614. The number of nitrogens with zero attached hydrogens (tertiary/aromatic N) is 2. The number of piperidine rings is 2. The van der Waals surface area contributed by atoms with E-state index in [0.29, 0.717) is 0 Å². The zero-order valence-corrected chi connectivity index (χ0v) is 16.8. The maximum Gasteiger partial charge on any atom is 0.410 e. The van der Waals surface area contributed by atoms with Crippen LogP contribution >= 0.6 is 0 Å². The summed E-state index contributed by atoms with van der Waals surface area (Å²) in [7, 11) is 0. The molecule has 4 rings (SSSR count). The molecule has 154 valence electrons. The van der Waals surface area contributed by atoms with Gasteiger partial charge >= 0.3 is 6.09 Å². The predicted octanol–water partition coefficient (Wildman–Crippen LogP) is 3.41. The summed E-state index contributed by atoms with van der Waals surface area (Å²) in [6.07, 6.45) is 1.88. The lowest BCUT2D eigenvalue weighted by atomic mass is 9.71. The van der Waals surface area contributed by atoms with Crippen molar-refractivity contribution in [2.24, 2.45) is 5.92 Å². The van der Waals surface area contributed by atoms with Gasteiger partial charge in [0.25, 0.3) is 0 Å². The number of rotatable bonds is 5. The first-order valence-corrected chi connectivity index (χ1v) is 10.0. The molecule has 3 fully saturated rings. The summed E-state index contributed by atoms with van der Waals surface area (Å²) < 4.78 is 5.57. The molecule has 0 aromatic heterocycles. The third kappa shape index (κ3) is 4.46. The van der Waals surface area contributed by atoms with Crippen LogP contribution in [0.3, 0.4) is 0 Å². The number of aliphatic hydroxyl groups is 1. The third-order valence-corrected chi connectivity index (χ3v) is 5.85. The summed E-state index contributed by atoms with van der Waals surface area (Å²) in [6, 6.07) is 7.37. The van der Waals surface area contributed by atoms with E-state index in [2.05, 4.69) is 0 Å². The van der Waals surface area contributed by atoms with E-state index in [4.69, 9.17) is 4.74 Å². The zero-order valence-electron chi connectivity index (χ0n) is 16.8. The molecular weight excluding hydrogens is 360 g/mol. The van der Waals surface area contributed by atoms with E-state index in [1.165, 1.54) is 0 Å². The average Bonchev–Trinajstić information content (AvgIpc) is 2.65. The van der Waals surface area contributed by atoms with Crippen molar-refractivity contribution in [1.29, 1.82) is 0 Å². The minimum atomic E-state index is -1.24. The molecule has 1 aliphatic carbocycles. The van der Waals surface area contributed by atoms with Crippen LogP contribution in [0.5, 0.6) is 0 Å². The highest BCUT2D eigenvalue weighted by Crippen LogP contribution is 2.42. The molecule has 1 unspecified atom stereocenters. The summed E-state index contributed by atoms with van der Waals surface area (Å²) in [5, 5.41) is 22.9. The van der Waals surface area contributed by atoms with Gasteiger partial charge in [-0.05, 0) is 57.9 Å². The fourth-order valence-corrected chi connectivity index (χ4v) is 4.62. The molecule has 1 aromatic rings. The lowest BCUT2D eigenvalue weighted by Crippen LogP contribution is -2.65. The van der Waals surface area contributed by atoms with Gasteiger partial charge in [0.05, 0.1) is 6.04 Å². The molecule has 2 heterocycles. The SMILES string of the molecule is CC(C)(C)OC(=O)N1C2CCC(CC2)C1[C@H](O)[C@H](Cc1ccccc1)[N+](=O)[O-]. The maximum absolute atomic E-state index is 12.9. The summed E-state index contributed by atoms with van der Waals surface area (Å²) in [6.45, 7) is 5.40. The van der Waals surface area contributed by atoms with Crippen LogP contribution in [0.15, 0.2) is 30.3 Å². The van der Waals surface area contributed by atoms with E-state index in [1.54, 1.807) is 25.7 Å². The average molecular weight is 390 g/mol. The van der Waals surface area contributed by atoms with Crippen LogP contribution in [-0.4, -0.2) is 50.9 Å². The predicted molar refractivity (Wildman–Crippen MR) is 105 cm³/mol. The second-order valence-electron chi connectivity index (χ2n) is 8.98. The second kappa shape index (κ2) is 8.07. The lowest BCUT2D eigenvalue weighted by Gasteiger charge is -2.52.